The van der Waals surface area contributed by atoms with Gasteiger partial charge in [-0.25, -0.2) is 4.39 Å². The third-order valence-electron chi connectivity index (χ3n) is 4.15. The number of halogens is 2. The normalized spacial score (nSPS) is 10.8. The van der Waals surface area contributed by atoms with E-state index in [4.69, 9.17) is 16.3 Å². The lowest BCUT2D eigenvalue weighted by molar-refractivity contribution is -0.111. The zero-order chi connectivity index (χ0) is 21.7. The molecule has 0 unspecified atom stereocenters. The van der Waals surface area contributed by atoms with Gasteiger partial charge >= 0.3 is 0 Å². The number of pyridine rings is 1. The van der Waals surface area contributed by atoms with Crippen molar-refractivity contribution in [3.8, 4) is 11.8 Å². The Morgan fingerprint density at radius 1 is 1.37 bits per heavy atom. The Labute approximate surface area is 177 Å². The average Bonchev–Trinajstić information content (AvgIpc) is 2.72. The van der Waals surface area contributed by atoms with Crippen LogP contribution in [0, 0.1) is 17.1 Å². The van der Waals surface area contributed by atoms with E-state index in [0.717, 1.165) is 0 Å². The molecule has 1 heterocycles. The maximum atomic E-state index is 13.5. The van der Waals surface area contributed by atoms with E-state index in [-0.39, 0.29) is 16.5 Å². The van der Waals surface area contributed by atoms with Gasteiger partial charge in [0.2, 0.25) is 5.91 Å². The highest BCUT2D eigenvalue weighted by atomic mass is 35.5. The molecule has 0 saturated carbocycles. The van der Waals surface area contributed by atoms with E-state index in [1.807, 2.05) is 6.92 Å². The topological polar surface area (TPSA) is 87.0 Å². The molecule has 1 amide bonds. The Balaban J connectivity index is 2.17. The second-order valence-electron chi connectivity index (χ2n) is 6.20. The zero-order valence-electron chi connectivity index (χ0n) is 16.3. The molecule has 0 saturated heterocycles. The second kappa shape index (κ2) is 9.25. The number of fused-ring (bicyclic) bond motifs is 1. The molecular weight excluding hydrogens is 407 g/mol. The van der Waals surface area contributed by atoms with E-state index in [1.165, 1.54) is 30.5 Å². The van der Waals surface area contributed by atoms with E-state index in [1.54, 1.807) is 25.1 Å². The standard InChI is InChI=1S/C22H18ClFN4O2/c1-3-5-21(29)28-19-9-15-18(10-20(19)30-4-2)26-12-13(11-25)22(15)27-14-6-7-17(24)16(23)8-14/h3,5-10,12H,4H2,1-2H3,(H,26,27)(H,28,29)/b5-3+. The van der Waals surface area contributed by atoms with Gasteiger partial charge in [-0.15, -0.1) is 0 Å². The minimum absolute atomic E-state index is 0.0465. The van der Waals surface area contributed by atoms with Gasteiger partial charge in [0.15, 0.2) is 0 Å². The van der Waals surface area contributed by atoms with E-state index in [0.29, 0.717) is 40.3 Å². The summed E-state index contributed by atoms with van der Waals surface area (Å²) in [6, 6.07) is 9.63. The molecule has 0 radical (unpaired) electrons. The Morgan fingerprint density at radius 3 is 2.83 bits per heavy atom. The van der Waals surface area contributed by atoms with Crippen LogP contribution in [-0.4, -0.2) is 17.5 Å². The zero-order valence-corrected chi connectivity index (χ0v) is 17.0. The smallest absolute Gasteiger partial charge is 0.248 e. The monoisotopic (exact) mass is 424 g/mol. The number of hydrogen-bond acceptors (Lipinski definition) is 5. The first-order chi connectivity index (χ1) is 14.5. The number of hydrogen-bond donors (Lipinski definition) is 2. The van der Waals surface area contributed by atoms with Crippen LogP contribution in [0.5, 0.6) is 5.75 Å². The number of benzene rings is 2. The molecule has 3 aromatic rings. The summed E-state index contributed by atoms with van der Waals surface area (Å²) < 4.78 is 19.2. The molecule has 0 aliphatic carbocycles. The summed E-state index contributed by atoms with van der Waals surface area (Å²) in [6.45, 7) is 3.97. The molecule has 152 valence electrons. The summed E-state index contributed by atoms with van der Waals surface area (Å²) in [5.41, 5.74) is 2.22. The number of nitrogens with one attached hydrogen (secondary N) is 2. The minimum Gasteiger partial charge on any atom is -0.492 e. The Hall–Kier alpha value is -3.63. The number of carbonyl (C=O) groups excluding carboxylic acids is 1. The molecule has 0 bridgehead atoms. The van der Waals surface area contributed by atoms with Crippen LogP contribution in [-0.2, 0) is 4.79 Å². The lowest BCUT2D eigenvalue weighted by Crippen LogP contribution is -2.10. The first-order valence-corrected chi connectivity index (χ1v) is 9.50. The van der Waals surface area contributed by atoms with Gasteiger partial charge in [-0.1, -0.05) is 17.7 Å². The van der Waals surface area contributed by atoms with Gasteiger partial charge in [-0.3, -0.25) is 9.78 Å². The molecule has 0 fully saturated rings. The average molecular weight is 425 g/mol. The van der Waals surface area contributed by atoms with Gasteiger partial charge in [0, 0.05) is 23.3 Å². The van der Waals surface area contributed by atoms with Crippen LogP contribution >= 0.6 is 11.6 Å². The molecule has 2 N–H and O–H groups in total. The van der Waals surface area contributed by atoms with Gasteiger partial charge in [0.25, 0.3) is 0 Å². The fourth-order valence-corrected chi connectivity index (χ4v) is 3.04. The number of amides is 1. The molecular formula is C22H18ClFN4O2. The van der Waals surface area contributed by atoms with Gasteiger partial charge in [-0.05, 0) is 44.2 Å². The Kier molecular flexibility index (Phi) is 6.50. The van der Waals surface area contributed by atoms with Crippen LogP contribution < -0.4 is 15.4 Å². The molecule has 30 heavy (non-hydrogen) atoms. The highest BCUT2D eigenvalue weighted by molar-refractivity contribution is 6.31. The Morgan fingerprint density at radius 2 is 2.17 bits per heavy atom. The van der Waals surface area contributed by atoms with Crippen molar-refractivity contribution in [2.45, 2.75) is 13.8 Å². The Bertz CT molecular complexity index is 1190. The number of carbonyl (C=O) groups is 1. The molecule has 2 aromatic carbocycles. The largest absolute Gasteiger partial charge is 0.492 e. The van der Waals surface area contributed by atoms with Gasteiger partial charge < -0.3 is 15.4 Å². The quantitative estimate of drug-likeness (QED) is 0.506. The third kappa shape index (κ3) is 4.50. The summed E-state index contributed by atoms with van der Waals surface area (Å²) in [5.74, 6) is -0.407. The van der Waals surface area contributed by atoms with Crippen molar-refractivity contribution in [3.63, 3.8) is 0 Å². The van der Waals surface area contributed by atoms with Gasteiger partial charge in [0.05, 0.1) is 34.1 Å². The predicted octanol–water partition coefficient (Wildman–Crippen LogP) is 5.56. The SMILES string of the molecule is C/C=C/C(=O)Nc1cc2c(Nc3ccc(F)c(Cl)c3)c(C#N)cnc2cc1OCC. The second-order valence-corrected chi connectivity index (χ2v) is 6.61. The summed E-state index contributed by atoms with van der Waals surface area (Å²) in [5, 5.41) is 16.0. The number of nitrogens with zero attached hydrogens (tertiary/aromatic N) is 2. The summed E-state index contributed by atoms with van der Waals surface area (Å²) in [4.78, 5) is 16.4. The number of rotatable bonds is 6. The van der Waals surface area contributed by atoms with Crippen LogP contribution in [0.25, 0.3) is 10.9 Å². The number of anilines is 3. The molecule has 3 rings (SSSR count). The number of allylic oxidation sites excluding steroid dienone is 1. The summed E-state index contributed by atoms with van der Waals surface area (Å²) in [6.07, 6.45) is 4.45. The van der Waals surface area contributed by atoms with Crippen molar-refractivity contribution in [1.82, 2.24) is 4.98 Å². The summed E-state index contributed by atoms with van der Waals surface area (Å²) >= 11 is 5.88. The molecule has 0 atom stereocenters. The van der Waals surface area contributed by atoms with E-state index < -0.39 is 5.82 Å². The minimum atomic E-state index is -0.544. The molecule has 0 aliphatic heterocycles. The van der Waals surface area contributed by atoms with Crippen LogP contribution in [0.15, 0.2) is 48.7 Å². The van der Waals surface area contributed by atoms with E-state index in [9.17, 15) is 14.4 Å². The fraction of sp³-hybridized carbons (Fsp3) is 0.136. The van der Waals surface area contributed by atoms with Gasteiger partial charge in [-0.2, -0.15) is 5.26 Å². The van der Waals surface area contributed by atoms with Crippen molar-refractivity contribution in [3.05, 3.63) is 65.1 Å². The van der Waals surface area contributed by atoms with Crippen LogP contribution in [0.2, 0.25) is 5.02 Å². The molecule has 6 nitrogen and oxygen atoms in total. The molecule has 8 heteroatoms. The van der Waals surface area contributed by atoms with Crippen molar-refractivity contribution >= 4 is 45.5 Å². The number of ether oxygens (including phenoxy) is 1. The molecule has 0 spiro atoms. The summed E-state index contributed by atoms with van der Waals surface area (Å²) in [7, 11) is 0. The number of aromatic nitrogens is 1. The van der Waals surface area contributed by atoms with Gasteiger partial charge in [0.1, 0.15) is 17.6 Å². The lowest BCUT2D eigenvalue weighted by Gasteiger charge is -2.16. The van der Waals surface area contributed by atoms with Crippen LogP contribution in [0.1, 0.15) is 19.4 Å². The van der Waals surface area contributed by atoms with Crippen LogP contribution in [0.4, 0.5) is 21.5 Å². The van der Waals surface area contributed by atoms with E-state index >= 15 is 0 Å². The van der Waals surface area contributed by atoms with Crippen LogP contribution in [0.3, 0.4) is 0 Å². The van der Waals surface area contributed by atoms with Crippen molar-refractivity contribution in [2.75, 3.05) is 17.2 Å². The highest BCUT2D eigenvalue weighted by Crippen LogP contribution is 2.36. The highest BCUT2D eigenvalue weighted by Gasteiger charge is 2.15. The lowest BCUT2D eigenvalue weighted by atomic mass is 10.1. The number of nitriles is 1. The predicted molar refractivity (Wildman–Crippen MR) is 116 cm³/mol. The molecule has 1 aromatic heterocycles. The first-order valence-electron chi connectivity index (χ1n) is 9.12. The van der Waals surface area contributed by atoms with Crippen molar-refractivity contribution in [1.29, 1.82) is 5.26 Å². The van der Waals surface area contributed by atoms with Crippen molar-refractivity contribution < 1.29 is 13.9 Å². The van der Waals surface area contributed by atoms with Crippen molar-refractivity contribution in [2.24, 2.45) is 0 Å². The fourth-order valence-electron chi connectivity index (χ4n) is 2.86. The first kappa shape index (κ1) is 21.1. The van der Waals surface area contributed by atoms with E-state index in [2.05, 4.69) is 21.7 Å². The molecule has 0 aliphatic rings. The maximum absolute atomic E-state index is 13.5. The maximum Gasteiger partial charge on any atom is 0.248 e. The third-order valence-corrected chi connectivity index (χ3v) is 4.44.